The molecule has 1 aromatic carbocycles. The molecule has 0 atom stereocenters. The lowest BCUT2D eigenvalue weighted by Crippen LogP contribution is -2.51. The standard InChI is InChI=1S/C24H19ClF3N5O2/c25-16-3-1-2-14(8-16)11-33-19(9-15-4-6-20(24(26,27)28)31-22(15)33)23(35)30-17-5-7-21(29-10-17)32-12-18(34)13-32/h1-10,18,34H,11-13H2,(H,30,35). The molecule has 1 aliphatic rings. The van der Waals surface area contributed by atoms with E-state index in [0.29, 0.717) is 40.6 Å². The molecule has 3 aromatic heterocycles. The number of hydrogen-bond donors (Lipinski definition) is 2. The molecular weight excluding hydrogens is 483 g/mol. The number of halogens is 4. The van der Waals surface area contributed by atoms with Crippen LogP contribution in [0.4, 0.5) is 24.7 Å². The van der Waals surface area contributed by atoms with E-state index in [2.05, 4.69) is 15.3 Å². The Kier molecular flexibility index (Phi) is 5.86. The second-order valence-corrected chi connectivity index (χ2v) is 8.71. The molecule has 5 rings (SSSR count). The third-order valence-corrected chi connectivity index (χ3v) is 5.92. The Morgan fingerprint density at radius 3 is 2.60 bits per heavy atom. The van der Waals surface area contributed by atoms with Crippen molar-refractivity contribution in [3.8, 4) is 0 Å². The van der Waals surface area contributed by atoms with Crippen LogP contribution < -0.4 is 10.2 Å². The lowest BCUT2D eigenvalue weighted by atomic mass is 10.2. The number of nitrogens with zero attached hydrogens (tertiary/aromatic N) is 4. The highest BCUT2D eigenvalue weighted by atomic mass is 35.5. The van der Waals surface area contributed by atoms with Gasteiger partial charge in [0.25, 0.3) is 5.91 Å². The first kappa shape index (κ1) is 23.1. The van der Waals surface area contributed by atoms with Gasteiger partial charge < -0.3 is 19.9 Å². The maximum Gasteiger partial charge on any atom is 0.433 e. The van der Waals surface area contributed by atoms with Gasteiger partial charge in [-0.15, -0.1) is 0 Å². The first-order valence-corrected chi connectivity index (χ1v) is 11.1. The average Bonchev–Trinajstić information content (AvgIpc) is 3.15. The molecule has 7 nitrogen and oxygen atoms in total. The molecule has 0 bridgehead atoms. The Labute approximate surface area is 202 Å². The Morgan fingerprint density at radius 1 is 1.14 bits per heavy atom. The minimum atomic E-state index is -4.62. The van der Waals surface area contributed by atoms with Gasteiger partial charge in [-0.3, -0.25) is 4.79 Å². The lowest BCUT2D eigenvalue weighted by Gasteiger charge is -2.36. The van der Waals surface area contributed by atoms with Gasteiger partial charge in [-0.1, -0.05) is 23.7 Å². The number of benzene rings is 1. The fraction of sp³-hybridized carbons (Fsp3) is 0.208. The summed E-state index contributed by atoms with van der Waals surface area (Å²) in [5, 5.41) is 13.1. The third-order valence-electron chi connectivity index (χ3n) is 5.69. The molecule has 1 amide bonds. The van der Waals surface area contributed by atoms with E-state index in [4.69, 9.17) is 11.6 Å². The van der Waals surface area contributed by atoms with Crippen LogP contribution in [0.15, 0.2) is 60.8 Å². The van der Waals surface area contributed by atoms with Crippen molar-refractivity contribution in [3.05, 3.63) is 82.8 Å². The fourth-order valence-corrected chi connectivity index (χ4v) is 4.15. The molecule has 11 heteroatoms. The Bertz CT molecular complexity index is 1400. The number of aliphatic hydroxyl groups is 1. The highest BCUT2D eigenvalue weighted by Crippen LogP contribution is 2.31. The maximum absolute atomic E-state index is 13.3. The van der Waals surface area contributed by atoms with E-state index < -0.39 is 17.8 Å². The second-order valence-electron chi connectivity index (χ2n) is 8.27. The molecular formula is C24H19ClF3N5O2. The van der Waals surface area contributed by atoms with E-state index in [-0.39, 0.29) is 24.0 Å². The first-order valence-electron chi connectivity index (χ1n) is 10.7. The van der Waals surface area contributed by atoms with Gasteiger partial charge in [0.15, 0.2) is 0 Å². The number of hydrogen-bond acceptors (Lipinski definition) is 5. The van der Waals surface area contributed by atoms with Crippen LogP contribution in [-0.2, 0) is 12.7 Å². The molecule has 4 aromatic rings. The fourth-order valence-electron chi connectivity index (χ4n) is 3.94. The number of anilines is 2. The molecule has 2 N–H and O–H groups in total. The van der Waals surface area contributed by atoms with Gasteiger partial charge in [0.05, 0.1) is 18.0 Å². The van der Waals surface area contributed by atoms with Crippen LogP contribution in [0.25, 0.3) is 11.0 Å². The number of amides is 1. The minimum absolute atomic E-state index is 0.0368. The van der Waals surface area contributed by atoms with Crippen molar-refractivity contribution in [1.82, 2.24) is 14.5 Å². The molecule has 0 radical (unpaired) electrons. The van der Waals surface area contributed by atoms with Crippen LogP contribution in [0, 0.1) is 0 Å². The Morgan fingerprint density at radius 2 is 1.94 bits per heavy atom. The van der Waals surface area contributed by atoms with Crippen LogP contribution in [0.1, 0.15) is 21.7 Å². The van der Waals surface area contributed by atoms with Crippen LogP contribution in [-0.4, -0.2) is 44.7 Å². The van der Waals surface area contributed by atoms with E-state index in [0.717, 1.165) is 6.07 Å². The monoisotopic (exact) mass is 501 g/mol. The quantitative estimate of drug-likeness (QED) is 0.418. The summed E-state index contributed by atoms with van der Waals surface area (Å²) in [6.45, 7) is 1.08. The van der Waals surface area contributed by atoms with Crippen molar-refractivity contribution >= 4 is 40.0 Å². The molecule has 0 aliphatic carbocycles. The molecule has 1 fully saturated rings. The summed E-state index contributed by atoms with van der Waals surface area (Å²) >= 11 is 6.08. The summed E-state index contributed by atoms with van der Waals surface area (Å²) in [4.78, 5) is 23.2. The maximum atomic E-state index is 13.3. The summed E-state index contributed by atoms with van der Waals surface area (Å²) < 4.78 is 41.4. The predicted octanol–water partition coefficient (Wildman–Crippen LogP) is 4.59. The van der Waals surface area contributed by atoms with Crippen LogP contribution >= 0.6 is 11.6 Å². The number of aliphatic hydroxyl groups excluding tert-OH is 1. The number of pyridine rings is 2. The van der Waals surface area contributed by atoms with Crippen LogP contribution in [0.2, 0.25) is 5.02 Å². The van der Waals surface area contributed by atoms with Crippen LogP contribution in [0.3, 0.4) is 0 Å². The topological polar surface area (TPSA) is 83.3 Å². The number of carbonyl (C=O) groups excluding carboxylic acids is 1. The van der Waals surface area contributed by atoms with Gasteiger partial charge in [0.2, 0.25) is 0 Å². The number of nitrogens with one attached hydrogen (secondary N) is 1. The van der Waals surface area contributed by atoms with Gasteiger partial charge in [-0.25, -0.2) is 9.97 Å². The summed E-state index contributed by atoms with van der Waals surface area (Å²) in [5.41, 5.74) is 0.254. The van der Waals surface area contributed by atoms with Crippen molar-refractivity contribution in [2.24, 2.45) is 0 Å². The van der Waals surface area contributed by atoms with E-state index in [1.807, 2.05) is 4.90 Å². The van der Waals surface area contributed by atoms with Gasteiger partial charge in [0, 0.05) is 30.0 Å². The summed E-state index contributed by atoms with van der Waals surface area (Å²) in [6, 6.07) is 13.9. The summed E-state index contributed by atoms with van der Waals surface area (Å²) in [7, 11) is 0. The number of carbonyl (C=O) groups is 1. The highest BCUT2D eigenvalue weighted by molar-refractivity contribution is 6.30. The molecule has 35 heavy (non-hydrogen) atoms. The van der Waals surface area contributed by atoms with Crippen molar-refractivity contribution in [2.75, 3.05) is 23.3 Å². The molecule has 1 aliphatic heterocycles. The zero-order valence-electron chi connectivity index (χ0n) is 18.1. The third kappa shape index (κ3) is 4.80. The second kappa shape index (κ2) is 8.86. The Hall–Kier alpha value is -3.63. The SMILES string of the molecule is O=C(Nc1ccc(N2CC(O)C2)nc1)c1cc2ccc(C(F)(F)F)nc2n1Cc1cccc(Cl)c1. The van der Waals surface area contributed by atoms with Crippen molar-refractivity contribution < 1.29 is 23.1 Å². The zero-order valence-corrected chi connectivity index (χ0v) is 18.9. The minimum Gasteiger partial charge on any atom is -0.389 e. The highest BCUT2D eigenvalue weighted by Gasteiger charge is 2.33. The van der Waals surface area contributed by atoms with Gasteiger partial charge >= 0.3 is 6.18 Å². The predicted molar refractivity (Wildman–Crippen MR) is 126 cm³/mol. The van der Waals surface area contributed by atoms with E-state index in [1.54, 1.807) is 36.4 Å². The number of fused-ring (bicyclic) bond motifs is 1. The first-order chi connectivity index (χ1) is 16.7. The van der Waals surface area contributed by atoms with Gasteiger partial charge in [-0.05, 0) is 48.0 Å². The normalized spacial score (nSPS) is 14.3. The molecule has 180 valence electrons. The van der Waals surface area contributed by atoms with Crippen molar-refractivity contribution in [3.63, 3.8) is 0 Å². The molecule has 1 saturated heterocycles. The van der Waals surface area contributed by atoms with E-state index in [9.17, 15) is 23.1 Å². The molecule has 0 unspecified atom stereocenters. The molecule has 4 heterocycles. The number of rotatable bonds is 5. The summed E-state index contributed by atoms with van der Waals surface area (Å²) in [6.07, 6.45) is -3.51. The smallest absolute Gasteiger partial charge is 0.389 e. The Balaban J connectivity index is 1.48. The van der Waals surface area contributed by atoms with Gasteiger partial charge in [0.1, 0.15) is 22.9 Å². The summed E-state index contributed by atoms with van der Waals surface area (Å²) in [5.74, 6) is 0.153. The number of alkyl halides is 3. The molecule has 0 spiro atoms. The number of β-amino-alcohol motifs (C(OH)–C–C–N with tert-alkyl or cyclic N) is 1. The van der Waals surface area contributed by atoms with Crippen molar-refractivity contribution in [1.29, 1.82) is 0 Å². The van der Waals surface area contributed by atoms with E-state index >= 15 is 0 Å². The van der Waals surface area contributed by atoms with Crippen LogP contribution in [0.5, 0.6) is 0 Å². The lowest BCUT2D eigenvalue weighted by molar-refractivity contribution is -0.141. The largest absolute Gasteiger partial charge is 0.433 e. The zero-order chi connectivity index (χ0) is 24.7. The number of aromatic nitrogens is 3. The van der Waals surface area contributed by atoms with Gasteiger partial charge in [-0.2, -0.15) is 13.2 Å². The molecule has 0 saturated carbocycles. The van der Waals surface area contributed by atoms with Crippen molar-refractivity contribution in [2.45, 2.75) is 18.8 Å². The van der Waals surface area contributed by atoms with E-state index in [1.165, 1.54) is 22.9 Å². The average molecular weight is 502 g/mol.